The smallest absolute Gasteiger partial charge is 0.109 e. The molecule has 0 unspecified atom stereocenters. The Morgan fingerprint density at radius 2 is 0.759 bits per heavy atom. The lowest BCUT2D eigenvalue weighted by atomic mass is 9.26. The van der Waals surface area contributed by atoms with Crippen LogP contribution in [-0.2, 0) is 0 Å². The molecule has 0 aliphatic carbocycles. The largest absolute Gasteiger partial charge is 0.240 e. The highest BCUT2D eigenvalue weighted by molar-refractivity contribution is 7.95. The van der Waals surface area contributed by atoms with Crippen molar-refractivity contribution >= 4 is 29.3 Å². The lowest BCUT2D eigenvalue weighted by molar-refractivity contribution is 1.72. The van der Waals surface area contributed by atoms with Gasteiger partial charge in [0.2, 0.25) is 0 Å². The molecule has 0 saturated carbocycles. The second-order valence-corrected chi connectivity index (χ2v) is 10.7. The van der Waals surface area contributed by atoms with Crippen molar-refractivity contribution in [3.05, 3.63) is 141 Å². The van der Waals surface area contributed by atoms with Gasteiger partial charge in [-0.3, -0.25) is 0 Å². The Kier molecular flexibility index (Phi) is 8.19. The lowest BCUT2D eigenvalue weighted by Gasteiger charge is -2.22. The van der Waals surface area contributed by atoms with E-state index < -0.39 is 13.4 Å². The first-order valence-corrected chi connectivity index (χ1v) is 12.1. The van der Waals surface area contributed by atoms with Gasteiger partial charge in [-0.05, 0) is 36.4 Å². The molecule has 3 aromatic carbocycles. The van der Waals surface area contributed by atoms with Crippen molar-refractivity contribution in [1.82, 2.24) is 0 Å². The lowest BCUT2D eigenvalue weighted by Crippen LogP contribution is -2.30. The van der Waals surface area contributed by atoms with Gasteiger partial charge in [-0.25, -0.2) is 23.9 Å². The maximum atomic E-state index is 3.66. The van der Waals surface area contributed by atoms with Crippen molar-refractivity contribution in [3.8, 4) is 0 Å². The van der Waals surface area contributed by atoms with Crippen molar-refractivity contribution in [2.75, 3.05) is 6.66 Å². The Labute approximate surface area is 177 Å². The topological polar surface area (TPSA) is 0 Å². The monoisotopic (exact) mass is 396 g/mol. The van der Waals surface area contributed by atoms with Gasteiger partial charge in [0.05, 0.1) is 12.8 Å². The van der Waals surface area contributed by atoms with E-state index in [2.05, 4.69) is 124 Å². The molecule has 0 aliphatic rings. The fourth-order valence-electron chi connectivity index (χ4n) is 3.20. The van der Waals surface area contributed by atoms with Crippen LogP contribution in [0.2, 0.25) is 0 Å². The summed E-state index contributed by atoms with van der Waals surface area (Å²) in [5, 5.41) is 4.28. The van der Waals surface area contributed by atoms with E-state index in [1.807, 2.05) is 23.9 Å². The zero-order valence-electron chi connectivity index (χ0n) is 17.3. The predicted molar refractivity (Wildman–Crippen MR) is 138 cm³/mol. The molecule has 0 heterocycles. The third-order valence-corrected chi connectivity index (χ3v) is 9.44. The van der Waals surface area contributed by atoms with E-state index in [0.717, 1.165) is 0 Å². The van der Waals surface area contributed by atoms with Crippen LogP contribution < -0.4 is 15.9 Å². The van der Waals surface area contributed by atoms with Crippen LogP contribution >= 0.6 is 7.26 Å². The molecule has 0 spiro atoms. The zero-order valence-corrected chi connectivity index (χ0v) is 18.2. The Morgan fingerprint density at radius 1 is 0.517 bits per heavy atom. The first-order chi connectivity index (χ1) is 14.1. The van der Waals surface area contributed by atoms with Crippen LogP contribution in [0.25, 0.3) is 0 Å². The van der Waals surface area contributed by atoms with Crippen molar-refractivity contribution in [3.63, 3.8) is 0 Å². The van der Waals surface area contributed by atoms with Gasteiger partial charge in [0.15, 0.2) is 0 Å². The molecule has 0 nitrogen and oxygen atoms in total. The second kappa shape index (κ2) is 10.6. The van der Waals surface area contributed by atoms with Gasteiger partial charge in [0.25, 0.3) is 0 Å². The molecule has 0 fully saturated rings. The Bertz CT molecular complexity index is 796. The summed E-state index contributed by atoms with van der Waals surface area (Å²) in [6.07, 6.45) is -0.889. The maximum absolute atomic E-state index is 3.66. The van der Waals surface area contributed by atoms with Crippen LogP contribution in [0.4, 0.5) is 0 Å². The summed E-state index contributed by atoms with van der Waals surface area (Å²) < 4.78 is 0. The fourth-order valence-corrected chi connectivity index (χ4v) is 6.40. The first-order valence-electron chi connectivity index (χ1n) is 9.82. The fraction of sp³-hybridized carbons (Fsp3) is 0.0370. The minimum absolute atomic E-state index is 0.889. The predicted octanol–water partition coefficient (Wildman–Crippen LogP) is 5.95. The van der Waals surface area contributed by atoms with Crippen LogP contribution in [0.1, 0.15) is 0 Å². The molecule has 0 aromatic heterocycles. The van der Waals surface area contributed by atoms with Crippen molar-refractivity contribution < 1.29 is 0 Å². The molecule has 29 heavy (non-hydrogen) atoms. The molecule has 0 radical (unpaired) electrons. The highest BCUT2D eigenvalue weighted by atomic mass is 31.2. The van der Waals surface area contributed by atoms with E-state index in [9.17, 15) is 0 Å². The summed E-state index contributed by atoms with van der Waals surface area (Å²) in [4.78, 5) is 0. The average Bonchev–Trinajstić information content (AvgIpc) is 2.82. The molecule has 0 bridgehead atoms. The van der Waals surface area contributed by atoms with Crippen LogP contribution in [0.5, 0.6) is 0 Å². The Balaban J connectivity index is 0.000000284. The summed E-state index contributed by atoms with van der Waals surface area (Å²) in [6.45, 7) is 17.0. The zero-order chi connectivity index (χ0) is 21.2. The highest BCUT2D eigenvalue weighted by Gasteiger charge is 2.39. The van der Waals surface area contributed by atoms with E-state index >= 15 is 0 Å². The van der Waals surface area contributed by atoms with Crippen LogP contribution in [-0.4, -0.2) is 12.8 Å². The molecule has 3 rings (SSSR count). The van der Waals surface area contributed by atoms with Crippen molar-refractivity contribution in [1.29, 1.82) is 0 Å². The van der Waals surface area contributed by atoms with Crippen molar-refractivity contribution in [2.24, 2.45) is 0 Å². The average molecular weight is 396 g/mol. The SMILES string of the molecule is C=C[B-](C=C)(C=C)C=C.C[P+](c1ccccc1)(c1ccccc1)c1ccccc1. The molecule has 0 saturated heterocycles. The molecule has 0 atom stereocenters. The van der Waals surface area contributed by atoms with E-state index in [1.54, 1.807) is 0 Å². The van der Waals surface area contributed by atoms with E-state index in [0.29, 0.717) is 0 Å². The minimum atomic E-state index is -1.53. The number of hydrogen-bond acceptors (Lipinski definition) is 0. The molecule has 146 valence electrons. The Hall–Kier alpha value is -2.89. The van der Waals surface area contributed by atoms with Gasteiger partial charge in [0, 0.05) is 0 Å². The molecular formula is C27H30BP. The molecular weight excluding hydrogens is 366 g/mol. The highest BCUT2D eigenvalue weighted by Crippen LogP contribution is 2.51. The summed E-state index contributed by atoms with van der Waals surface area (Å²) in [5.41, 5.74) is 0. The number of hydrogen-bond donors (Lipinski definition) is 0. The van der Waals surface area contributed by atoms with Gasteiger partial charge in [-0.1, -0.05) is 54.6 Å². The van der Waals surface area contributed by atoms with Crippen LogP contribution in [0.15, 0.2) is 141 Å². The summed E-state index contributed by atoms with van der Waals surface area (Å²) in [5.74, 6) is 7.25. The third-order valence-electron chi connectivity index (χ3n) is 5.45. The first kappa shape index (κ1) is 22.4. The number of rotatable bonds is 7. The van der Waals surface area contributed by atoms with E-state index in [4.69, 9.17) is 0 Å². The maximum Gasteiger partial charge on any atom is 0.109 e. The molecule has 0 aliphatic heterocycles. The van der Waals surface area contributed by atoms with E-state index in [-0.39, 0.29) is 0 Å². The molecule has 0 amide bonds. The van der Waals surface area contributed by atoms with E-state index in [1.165, 1.54) is 15.9 Å². The second-order valence-electron chi connectivity index (χ2n) is 7.11. The van der Waals surface area contributed by atoms with Crippen LogP contribution in [0.3, 0.4) is 0 Å². The van der Waals surface area contributed by atoms with Crippen molar-refractivity contribution in [2.45, 2.75) is 0 Å². The third kappa shape index (κ3) is 5.14. The summed E-state index contributed by atoms with van der Waals surface area (Å²) in [6, 6.07) is 32.6. The van der Waals surface area contributed by atoms with Gasteiger partial charge in [0.1, 0.15) is 23.2 Å². The minimum Gasteiger partial charge on any atom is -0.240 e. The molecule has 0 N–H and O–H groups in total. The van der Waals surface area contributed by atoms with Gasteiger partial charge < -0.3 is 0 Å². The Morgan fingerprint density at radius 3 is 0.931 bits per heavy atom. The van der Waals surface area contributed by atoms with Crippen LogP contribution in [0, 0.1) is 0 Å². The number of benzene rings is 3. The quantitative estimate of drug-likeness (QED) is 0.342. The molecule has 3 aromatic rings. The standard InChI is InChI=1S/C19H18P.C8H12B/c1-20(17-11-5-2-6-12-17,18-13-7-3-8-14-18)19-15-9-4-10-16-19;1-5-9(6-2,7-3)8-4/h2-16H,1H3;5-8H,1-4H2/q+1;-1. The van der Waals surface area contributed by atoms with Gasteiger partial charge >= 0.3 is 0 Å². The van der Waals surface area contributed by atoms with Gasteiger partial charge in [-0.15, -0.1) is 26.3 Å². The summed E-state index contributed by atoms with van der Waals surface area (Å²) >= 11 is 0. The molecule has 2 heteroatoms. The summed E-state index contributed by atoms with van der Waals surface area (Å²) in [7, 11) is -1.53. The normalized spacial score (nSPS) is 10.8. The van der Waals surface area contributed by atoms with Gasteiger partial charge in [-0.2, -0.15) is 0 Å².